The van der Waals surface area contributed by atoms with Crippen LogP contribution in [0.2, 0.25) is 0 Å². The molecule has 0 amide bonds. The number of aromatic nitrogens is 3. The molecule has 20 heavy (non-hydrogen) atoms. The van der Waals surface area contributed by atoms with Gasteiger partial charge in [0, 0.05) is 17.3 Å². The van der Waals surface area contributed by atoms with Crippen LogP contribution >= 0.6 is 11.3 Å². The van der Waals surface area contributed by atoms with Gasteiger partial charge in [-0.05, 0) is 45.9 Å². The molecule has 0 fully saturated rings. The number of hydrogen-bond donors (Lipinski definition) is 1. The molecule has 0 aliphatic carbocycles. The summed E-state index contributed by atoms with van der Waals surface area (Å²) in [6.07, 6.45) is 0.902. The van der Waals surface area contributed by atoms with Gasteiger partial charge in [0.1, 0.15) is 0 Å². The second kappa shape index (κ2) is 6.41. The third-order valence-electron chi connectivity index (χ3n) is 3.42. The minimum Gasteiger partial charge on any atom is -0.310 e. The molecule has 2 heterocycles. The maximum Gasteiger partial charge on any atom is 0.0949 e. The Labute approximate surface area is 124 Å². The van der Waals surface area contributed by atoms with E-state index < -0.39 is 0 Å². The lowest BCUT2D eigenvalue weighted by Crippen LogP contribution is -2.24. The van der Waals surface area contributed by atoms with Gasteiger partial charge in [-0.3, -0.25) is 0 Å². The van der Waals surface area contributed by atoms with E-state index in [1.165, 1.54) is 15.4 Å². The summed E-state index contributed by atoms with van der Waals surface area (Å²) in [6.45, 7) is 11.3. The lowest BCUT2D eigenvalue weighted by molar-refractivity contribution is 0.541. The molecule has 0 saturated heterocycles. The lowest BCUT2D eigenvalue weighted by atomic mass is 10.0. The summed E-state index contributed by atoms with van der Waals surface area (Å²) in [7, 11) is 0. The quantitative estimate of drug-likeness (QED) is 0.919. The molecule has 0 aliphatic heterocycles. The van der Waals surface area contributed by atoms with Crippen molar-refractivity contribution in [3.8, 4) is 0 Å². The minimum atomic E-state index is 0.249. The van der Waals surface area contributed by atoms with Gasteiger partial charge in [0.05, 0.1) is 22.1 Å². The van der Waals surface area contributed by atoms with Crippen LogP contribution in [0.1, 0.15) is 45.5 Å². The average molecular weight is 290 g/mol. The first-order valence-electron chi connectivity index (χ1n) is 6.98. The Kier molecular flexibility index (Phi) is 4.83. The zero-order valence-electron chi connectivity index (χ0n) is 12.8. The van der Waals surface area contributed by atoms with Crippen LogP contribution in [0.5, 0.6) is 0 Å². The Hall–Kier alpha value is -1.33. The Morgan fingerprint density at radius 1 is 1.15 bits per heavy atom. The van der Waals surface area contributed by atoms with Gasteiger partial charge in [0.15, 0.2) is 0 Å². The summed E-state index contributed by atoms with van der Waals surface area (Å²) < 4.78 is 0. The average Bonchev–Trinajstić information content (AvgIpc) is 2.71. The normalized spacial score (nSPS) is 12.7. The van der Waals surface area contributed by atoms with Crippen molar-refractivity contribution in [1.82, 2.24) is 20.5 Å². The van der Waals surface area contributed by atoms with Crippen LogP contribution in [0.4, 0.5) is 0 Å². The van der Waals surface area contributed by atoms with Crippen LogP contribution in [0.15, 0.2) is 6.07 Å². The Morgan fingerprint density at radius 3 is 2.50 bits per heavy atom. The third kappa shape index (κ3) is 3.41. The summed E-state index contributed by atoms with van der Waals surface area (Å²) in [6, 6.07) is 2.38. The van der Waals surface area contributed by atoms with Crippen molar-refractivity contribution in [2.24, 2.45) is 0 Å². The molecule has 5 heteroatoms. The molecular weight excluding hydrogens is 268 g/mol. The molecule has 2 rings (SSSR count). The fraction of sp³-hybridized carbons (Fsp3) is 0.533. The molecule has 1 unspecified atom stereocenters. The van der Waals surface area contributed by atoms with Crippen LogP contribution in [0, 0.1) is 27.7 Å². The zero-order valence-corrected chi connectivity index (χ0v) is 13.6. The molecule has 0 radical (unpaired) electrons. The summed E-state index contributed by atoms with van der Waals surface area (Å²) >= 11 is 1.79. The van der Waals surface area contributed by atoms with Crippen LogP contribution in [0.25, 0.3) is 0 Å². The summed E-state index contributed by atoms with van der Waals surface area (Å²) in [4.78, 5) is 5.95. The fourth-order valence-electron chi connectivity index (χ4n) is 2.26. The summed E-state index contributed by atoms with van der Waals surface area (Å²) in [5.74, 6) is 0. The fourth-order valence-corrected chi connectivity index (χ4v) is 3.24. The van der Waals surface area contributed by atoms with Crippen LogP contribution < -0.4 is 5.32 Å². The molecule has 4 nitrogen and oxygen atoms in total. The molecule has 1 atom stereocenters. The van der Waals surface area contributed by atoms with E-state index in [0.717, 1.165) is 30.0 Å². The molecule has 0 aliphatic rings. The van der Waals surface area contributed by atoms with Gasteiger partial charge < -0.3 is 5.32 Å². The first-order valence-corrected chi connectivity index (χ1v) is 7.80. The molecule has 1 N–H and O–H groups in total. The van der Waals surface area contributed by atoms with E-state index in [9.17, 15) is 0 Å². The predicted molar refractivity (Wildman–Crippen MR) is 83.2 cm³/mol. The molecule has 2 aromatic rings. The zero-order chi connectivity index (χ0) is 14.7. The topological polar surface area (TPSA) is 50.7 Å². The van der Waals surface area contributed by atoms with Gasteiger partial charge in [-0.1, -0.05) is 6.92 Å². The Balaban J connectivity index is 2.28. The van der Waals surface area contributed by atoms with Crippen LogP contribution in [0.3, 0.4) is 0 Å². The van der Waals surface area contributed by atoms with E-state index in [0.29, 0.717) is 0 Å². The monoisotopic (exact) mass is 290 g/mol. The number of aryl methyl sites for hydroxylation is 4. The minimum absolute atomic E-state index is 0.249. The van der Waals surface area contributed by atoms with Crippen LogP contribution in [-0.2, 0) is 6.42 Å². The Bertz CT molecular complexity index is 572. The van der Waals surface area contributed by atoms with Crippen molar-refractivity contribution in [3.05, 3.63) is 38.6 Å². The highest BCUT2D eigenvalue weighted by Gasteiger charge is 2.17. The van der Waals surface area contributed by atoms with Gasteiger partial charge in [0.25, 0.3) is 0 Å². The van der Waals surface area contributed by atoms with E-state index in [1.807, 2.05) is 13.8 Å². The molecule has 0 aromatic carbocycles. The second-order valence-electron chi connectivity index (χ2n) is 5.09. The lowest BCUT2D eigenvalue weighted by Gasteiger charge is -2.18. The highest BCUT2D eigenvalue weighted by atomic mass is 32.1. The molecule has 2 aromatic heterocycles. The third-order valence-corrected chi connectivity index (χ3v) is 4.51. The molecule has 0 saturated carbocycles. The highest BCUT2D eigenvalue weighted by molar-refractivity contribution is 7.11. The number of likely N-dealkylation sites (N-methyl/N-ethyl adjacent to an activating group) is 1. The summed E-state index contributed by atoms with van der Waals surface area (Å²) in [5, 5.41) is 13.1. The SMILES string of the molecule is CCNC(Cc1nc(C)c(C)s1)c1cc(C)nnc1C. The van der Waals surface area contributed by atoms with E-state index in [1.54, 1.807) is 11.3 Å². The number of hydrogen-bond acceptors (Lipinski definition) is 5. The van der Waals surface area contributed by atoms with Crippen molar-refractivity contribution >= 4 is 11.3 Å². The molecular formula is C15H22N4S. The maximum absolute atomic E-state index is 4.65. The van der Waals surface area contributed by atoms with Crippen molar-refractivity contribution in [2.75, 3.05) is 6.54 Å². The van der Waals surface area contributed by atoms with E-state index >= 15 is 0 Å². The first-order chi connectivity index (χ1) is 9.51. The van der Waals surface area contributed by atoms with Crippen LogP contribution in [-0.4, -0.2) is 21.7 Å². The summed E-state index contributed by atoms with van der Waals surface area (Å²) in [5.41, 5.74) is 4.32. The highest BCUT2D eigenvalue weighted by Crippen LogP contribution is 2.25. The van der Waals surface area contributed by atoms with Gasteiger partial charge in [0.2, 0.25) is 0 Å². The largest absolute Gasteiger partial charge is 0.310 e. The first kappa shape index (κ1) is 15.1. The number of thiazole rings is 1. The van der Waals surface area contributed by atoms with Crippen molar-refractivity contribution < 1.29 is 0 Å². The van der Waals surface area contributed by atoms with Gasteiger partial charge >= 0.3 is 0 Å². The van der Waals surface area contributed by atoms with E-state index in [4.69, 9.17) is 0 Å². The standard InChI is InChI=1S/C15H22N4S/c1-6-16-14(8-15-17-10(3)12(5)20-15)13-7-9(2)18-19-11(13)4/h7,14,16H,6,8H2,1-5H3. The van der Waals surface area contributed by atoms with Crippen molar-refractivity contribution in [3.63, 3.8) is 0 Å². The van der Waals surface area contributed by atoms with Crippen molar-refractivity contribution in [2.45, 2.75) is 47.1 Å². The number of nitrogens with one attached hydrogen (secondary N) is 1. The molecule has 0 spiro atoms. The van der Waals surface area contributed by atoms with E-state index in [2.05, 4.69) is 47.3 Å². The van der Waals surface area contributed by atoms with Gasteiger partial charge in [-0.25, -0.2) is 4.98 Å². The Morgan fingerprint density at radius 2 is 1.90 bits per heavy atom. The predicted octanol–water partition coefficient (Wildman–Crippen LogP) is 3.06. The molecule has 108 valence electrons. The number of nitrogens with zero attached hydrogens (tertiary/aromatic N) is 3. The van der Waals surface area contributed by atoms with Crippen molar-refractivity contribution in [1.29, 1.82) is 0 Å². The second-order valence-corrected chi connectivity index (χ2v) is 6.38. The molecule has 0 bridgehead atoms. The smallest absolute Gasteiger partial charge is 0.0949 e. The van der Waals surface area contributed by atoms with Gasteiger partial charge in [-0.15, -0.1) is 11.3 Å². The maximum atomic E-state index is 4.65. The van der Waals surface area contributed by atoms with Gasteiger partial charge in [-0.2, -0.15) is 10.2 Å². The number of rotatable bonds is 5. The van der Waals surface area contributed by atoms with E-state index in [-0.39, 0.29) is 6.04 Å².